The second kappa shape index (κ2) is 9.73. The van der Waals surface area contributed by atoms with Gasteiger partial charge >= 0.3 is 0 Å². The van der Waals surface area contributed by atoms with Crippen LogP contribution in [0.2, 0.25) is 0 Å². The second-order valence-corrected chi connectivity index (χ2v) is 8.51. The fourth-order valence-corrected chi connectivity index (χ4v) is 4.80. The van der Waals surface area contributed by atoms with Crippen molar-refractivity contribution in [1.29, 1.82) is 10.5 Å². The predicted octanol–water partition coefficient (Wildman–Crippen LogP) is 2.47. The molecule has 8 heteroatoms. The largest absolute Gasteiger partial charge is 0.355 e. The molecule has 160 valence electrons. The van der Waals surface area contributed by atoms with E-state index in [2.05, 4.69) is 21.6 Å². The number of nitrogens with zero attached hydrogens (tertiary/aromatic N) is 6. The zero-order valence-corrected chi connectivity index (χ0v) is 17.4. The molecule has 0 amide bonds. The fourth-order valence-electron chi connectivity index (χ4n) is 4.80. The van der Waals surface area contributed by atoms with Crippen LogP contribution in [0.15, 0.2) is 11.4 Å². The number of alkyl halides is 2. The van der Waals surface area contributed by atoms with Crippen molar-refractivity contribution in [1.82, 2.24) is 19.6 Å². The summed E-state index contributed by atoms with van der Waals surface area (Å²) in [5.41, 5.74) is 0.157. The molecule has 6 nitrogen and oxygen atoms in total. The van der Waals surface area contributed by atoms with Crippen LogP contribution in [0.25, 0.3) is 0 Å². The van der Waals surface area contributed by atoms with Crippen molar-refractivity contribution in [3.63, 3.8) is 0 Å². The fraction of sp³-hybridized carbons (Fsp3) is 0.810. The molecule has 0 N–H and O–H groups in total. The maximum absolute atomic E-state index is 13.3. The first kappa shape index (κ1) is 21.8. The van der Waals surface area contributed by atoms with Crippen molar-refractivity contribution >= 4 is 0 Å². The van der Waals surface area contributed by atoms with E-state index in [9.17, 15) is 19.3 Å². The van der Waals surface area contributed by atoms with Crippen molar-refractivity contribution in [2.45, 2.75) is 51.0 Å². The summed E-state index contributed by atoms with van der Waals surface area (Å²) in [7, 11) is 0. The molecule has 3 rings (SSSR count). The third-order valence-corrected chi connectivity index (χ3v) is 6.40. The highest BCUT2D eigenvalue weighted by Gasteiger charge is 2.38. The lowest BCUT2D eigenvalue weighted by molar-refractivity contribution is 0.0120. The van der Waals surface area contributed by atoms with Gasteiger partial charge in [0.05, 0.1) is 6.54 Å². The van der Waals surface area contributed by atoms with Crippen LogP contribution in [0, 0.1) is 22.7 Å². The molecule has 0 aromatic heterocycles. The molecule has 1 atom stereocenters. The zero-order valence-electron chi connectivity index (χ0n) is 17.4. The number of hydrogen-bond acceptors (Lipinski definition) is 6. The van der Waals surface area contributed by atoms with Gasteiger partial charge < -0.3 is 14.7 Å². The van der Waals surface area contributed by atoms with Gasteiger partial charge in [0.1, 0.15) is 18.0 Å². The maximum atomic E-state index is 13.3. The van der Waals surface area contributed by atoms with Crippen molar-refractivity contribution in [3.8, 4) is 12.1 Å². The van der Waals surface area contributed by atoms with E-state index < -0.39 is 5.92 Å². The summed E-state index contributed by atoms with van der Waals surface area (Å²) >= 11 is 0. The van der Waals surface area contributed by atoms with Crippen LogP contribution >= 0.6 is 0 Å². The van der Waals surface area contributed by atoms with E-state index in [1.54, 1.807) is 0 Å². The molecule has 0 aromatic rings. The molecular weight excluding hydrogens is 374 g/mol. The molecule has 0 aliphatic carbocycles. The standard InChI is InChI=1S/C21H32F2N6/c1-18-5-2-8-27(18)9-4-11-29-14-13-28(20(29)19(15-24)16-25)10-3-7-26-12-6-21(22,23)17-26/h18H,2-14,17H2,1H3. The summed E-state index contributed by atoms with van der Waals surface area (Å²) in [6.45, 7) is 8.49. The van der Waals surface area contributed by atoms with Crippen LogP contribution in [0.4, 0.5) is 8.78 Å². The highest BCUT2D eigenvalue weighted by atomic mass is 19.3. The van der Waals surface area contributed by atoms with Gasteiger partial charge in [-0.05, 0) is 39.2 Å². The molecule has 0 radical (unpaired) electrons. The van der Waals surface area contributed by atoms with Crippen molar-refractivity contribution < 1.29 is 8.78 Å². The van der Waals surface area contributed by atoms with Gasteiger partial charge in [-0.2, -0.15) is 10.5 Å². The SMILES string of the molecule is CC1CCCN1CCCN1CCN(CCCN2CCC(F)(F)C2)C1=C(C#N)C#N. The first-order chi connectivity index (χ1) is 13.9. The molecular formula is C21H32F2N6. The predicted molar refractivity (Wildman–Crippen MR) is 107 cm³/mol. The summed E-state index contributed by atoms with van der Waals surface area (Å²) < 4.78 is 26.7. The number of rotatable bonds is 8. The Morgan fingerprint density at radius 3 is 2.17 bits per heavy atom. The molecule has 1 unspecified atom stereocenters. The van der Waals surface area contributed by atoms with E-state index >= 15 is 0 Å². The molecule has 3 saturated heterocycles. The summed E-state index contributed by atoms with van der Waals surface area (Å²) in [6.07, 6.45) is 4.23. The first-order valence-corrected chi connectivity index (χ1v) is 10.8. The molecule has 3 heterocycles. The number of likely N-dealkylation sites (tertiary alicyclic amines) is 2. The average Bonchev–Trinajstić information content (AvgIpc) is 3.37. The second-order valence-electron chi connectivity index (χ2n) is 8.51. The van der Waals surface area contributed by atoms with Gasteiger partial charge in [-0.1, -0.05) is 0 Å². The smallest absolute Gasteiger partial charge is 0.261 e. The molecule has 0 saturated carbocycles. The van der Waals surface area contributed by atoms with Gasteiger partial charge in [0.15, 0.2) is 5.57 Å². The number of nitriles is 2. The molecule has 3 aliphatic rings. The van der Waals surface area contributed by atoms with Crippen molar-refractivity contribution in [3.05, 3.63) is 11.4 Å². The highest BCUT2D eigenvalue weighted by molar-refractivity contribution is 5.40. The maximum Gasteiger partial charge on any atom is 0.261 e. The van der Waals surface area contributed by atoms with E-state index in [1.807, 2.05) is 17.0 Å². The van der Waals surface area contributed by atoms with E-state index in [0.717, 1.165) is 51.4 Å². The Hall–Kier alpha value is -1.90. The lowest BCUT2D eigenvalue weighted by Gasteiger charge is -2.27. The van der Waals surface area contributed by atoms with Crippen molar-refractivity contribution in [2.24, 2.45) is 0 Å². The van der Waals surface area contributed by atoms with Gasteiger partial charge in [-0.15, -0.1) is 0 Å². The van der Waals surface area contributed by atoms with Gasteiger partial charge in [0, 0.05) is 58.3 Å². The average molecular weight is 407 g/mol. The Kier molecular flexibility index (Phi) is 7.32. The normalized spacial score (nSPS) is 24.9. The Morgan fingerprint density at radius 2 is 1.66 bits per heavy atom. The summed E-state index contributed by atoms with van der Waals surface area (Å²) in [5, 5.41) is 18.9. The van der Waals surface area contributed by atoms with E-state index in [-0.39, 0.29) is 18.5 Å². The van der Waals surface area contributed by atoms with Crippen LogP contribution in [0.5, 0.6) is 0 Å². The van der Waals surface area contributed by atoms with E-state index in [1.165, 1.54) is 12.8 Å². The molecule has 3 aliphatic heterocycles. The Balaban J connectivity index is 1.52. The molecule has 0 bridgehead atoms. The minimum Gasteiger partial charge on any atom is -0.355 e. The molecule has 3 fully saturated rings. The van der Waals surface area contributed by atoms with Gasteiger partial charge in [-0.25, -0.2) is 8.78 Å². The Morgan fingerprint density at radius 1 is 1.00 bits per heavy atom. The van der Waals surface area contributed by atoms with Gasteiger partial charge in [-0.3, -0.25) is 4.90 Å². The third kappa shape index (κ3) is 5.58. The summed E-state index contributed by atoms with van der Waals surface area (Å²) in [5.74, 6) is -1.83. The Labute approximate surface area is 172 Å². The number of hydrogen-bond donors (Lipinski definition) is 0. The van der Waals surface area contributed by atoms with Gasteiger partial charge in [0.2, 0.25) is 0 Å². The zero-order chi connectivity index (χ0) is 20.9. The van der Waals surface area contributed by atoms with E-state index in [0.29, 0.717) is 25.7 Å². The summed E-state index contributed by atoms with van der Waals surface area (Å²) in [4.78, 5) is 8.57. The first-order valence-electron chi connectivity index (χ1n) is 10.8. The lowest BCUT2D eigenvalue weighted by Crippen LogP contribution is -2.32. The lowest BCUT2D eigenvalue weighted by atomic mass is 10.2. The minimum absolute atomic E-state index is 0.0572. The number of allylic oxidation sites excluding steroid dienone is 1. The molecule has 0 spiro atoms. The summed E-state index contributed by atoms with van der Waals surface area (Å²) in [6, 6.07) is 4.74. The molecule has 29 heavy (non-hydrogen) atoms. The van der Waals surface area contributed by atoms with Crippen LogP contribution in [-0.4, -0.2) is 90.5 Å². The van der Waals surface area contributed by atoms with Crippen LogP contribution in [0.3, 0.4) is 0 Å². The van der Waals surface area contributed by atoms with Gasteiger partial charge in [0.25, 0.3) is 5.92 Å². The van der Waals surface area contributed by atoms with E-state index in [4.69, 9.17) is 0 Å². The van der Waals surface area contributed by atoms with Crippen LogP contribution in [0.1, 0.15) is 39.0 Å². The monoisotopic (exact) mass is 406 g/mol. The minimum atomic E-state index is -2.56. The van der Waals surface area contributed by atoms with Crippen LogP contribution < -0.4 is 0 Å². The van der Waals surface area contributed by atoms with Crippen LogP contribution in [-0.2, 0) is 0 Å². The number of halogens is 2. The third-order valence-electron chi connectivity index (χ3n) is 6.40. The quantitative estimate of drug-likeness (QED) is 0.577. The molecule has 0 aromatic carbocycles. The highest BCUT2D eigenvalue weighted by Crippen LogP contribution is 2.27. The topological polar surface area (TPSA) is 60.5 Å². The van der Waals surface area contributed by atoms with Crippen molar-refractivity contribution in [2.75, 3.05) is 58.9 Å². The Bertz CT molecular complexity index is 664.